The predicted octanol–water partition coefficient (Wildman–Crippen LogP) is 6.84. The number of pyridine rings is 1. The van der Waals surface area contributed by atoms with Gasteiger partial charge < -0.3 is 14.2 Å². The molecule has 0 saturated heterocycles. The van der Waals surface area contributed by atoms with Gasteiger partial charge in [0, 0.05) is 78.5 Å². The van der Waals surface area contributed by atoms with E-state index in [2.05, 4.69) is 85.5 Å². The van der Waals surface area contributed by atoms with Gasteiger partial charge in [-0.05, 0) is 82.1 Å². The normalized spacial score (nSPS) is 11.2. The summed E-state index contributed by atoms with van der Waals surface area (Å²) in [6, 6.07) is 22.7. The van der Waals surface area contributed by atoms with Crippen molar-refractivity contribution >= 4 is 22.6 Å². The van der Waals surface area contributed by atoms with E-state index in [9.17, 15) is 4.79 Å². The van der Waals surface area contributed by atoms with Gasteiger partial charge in [-0.15, -0.1) is 0 Å². The Morgan fingerprint density at radius 1 is 0.881 bits per heavy atom. The highest BCUT2D eigenvalue weighted by atomic mass is 16.3. The quantitative estimate of drug-likeness (QED) is 0.146. The summed E-state index contributed by atoms with van der Waals surface area (Å²) >= 11 is 0. The molecule has 0 unspecified atom stereocenters. The molecule has 1 aliphatic heterocycles. The maximum atomic E-state index is 14.0. The first kappa shape index (κ1) is 29.1. The fraction of sp³-hybridized carbons (Fsp3) is 0.306. The molecule has 3 aromatic rings. The van der Waals surface area contributed by atoms with Gasteiger partial charge in [-0.2, -0.15) is 0 Å². The van der Waals surface area contributed by atoms with Crippen LogP contribution in [-0.4, -0.2) is 49.0 Å². The van der Waals surface area contributed by atoms with Gasteiger partial charge in [0.2, 0.25) is 5.36 Å². The fourth-order valence-corrected chi connectivity index (χ4v) is 5.93. The van der Waals surface area contributed by atoms with Crippen LogP contribution in [-0.2, 0) is 6.54 Å². The van der Waals surface area contributed by atoms with E-state index in [0.717, 1.165) is 70.8 Å². The van der Waals surface area contributed by atoms with Crippen molar-refractivity contribution in [1.29, 1.82) is 0 Å². The number of aryl methyl sites for hydroxylation is 1. The molecule has 0 fully saturated rings. The van der Waals surface area contributed by atoms with E-state index in [-0.39, 0.29) is 5.91 Å². The van der Waals surface area contributed by atoms with E-state index in [1.807, 2.05) is 37.4 Å². The van der Waals surface area contributed by atoms with Crippen molar-refractivity contribution in [3.63, 3.8) is 0 Å². The van der Waals surface area contributed by atoms with Crippen LogP contribution in [0.3, 0.4) is 0 Å². The van der Waals surface area contributed by atoms with E-state index in [1.54, 1.807) is 17.3 Å². The largest absolute Gasteiger partial charge is 0.456 e. The summed E-state index contributed by atoms with van der Waals surface area (Å²) in [5.41, 5.74) is 7.75. The Kier molecular flexibility index (Phi) is 8.72. The minimum Gasteiger partial charge on any atom is -0.456 e. The Morgan fingerprint density at radius 2 is 1.60 bits per heavy atom. The summed E-state index contributed by atoms with van der Waals surface area (Å²) in [7, 11) is 1.85. The van der Waals surface area contributed by atoms with Gasteiger partial charge in [0.05, 0.1) is 6.07 Å². The number of carbonyl (C=O) groups is 1. The lowest BCUT2D eigenvalue weighted by Crippen LogP contribution is -2.31. The number of anilines is 1. The lowest BCUT2D eigenvalue weighted by Gasteiger charge is -2.23. The van der Waals surface area contributed by atoms with Crippen molar-refractivity contribution in [2.75, 3.05) is 38.1 Å². The smallest absolute Gasteiger partial charge is 0.254 e. The highest BCUT2D eigenvalue weighted by Crippen LogP contribution is 2.42. The van der Waals surface area contributed by atoms with Gasteiger partial charge in [-0.1, -0.05) is 18.2 Å². The zero-order valence-corrected chi connectivity index (χ0v) is 25.6. The standard InChI is InChI=1S/C36H41N4O2/c1-7-39(8-2)27-15-16-30-33(22-27)42-34-23-32(40(9-3)10-4)25(5)21-31(34)35(30)28-13-11-12-14-29(28)36(41)38(6)24-26-17-19-37-20-18-26/h11-23H,7-10,24H2,1-6H3/q+1. The Morgan fingerprint density at radius 3 is 2.29 bits per heavy atom. The van der Waals surface area contributed by atoms with Gasteiger partial charge in [0.25, 0.3) is 5.91 Å². The van der Waals surface area contributed by atoms with E-state index < -0.39 is 0 Å². The first-order valence-electron chi connectivity index (χ1n) is 15.0. The molecule has 5 rings (SSSR count). The third-order valence-corrected chi connectivity index (χ3v) is 8.20. The number of amides is 1. The number of fused-ring (bicyclic) bond motifs is 2. The topological polar surface area (TPSA) is 52.6 Å². The monoisotopic (exact) mass is 561 g/mol. The maximum absolute atomic E-state index is 14.0. The molecule has 2 aromatic carbocycles. The van der Waals surface area contributed by atoms with Crippen molar-refractivity contribution < 1.29 is 9.21 Å². The summed E-state index contributed by atoms with van der Waals surface area (Å²) < 4.78 is 9.05. The number of hydrogen-bond acceptors (Lipinski definition) is 4. The molecule has 6 heteroatoms. The van der Waals surface area contributed by atoms with Crippen LogP contribution in [0.5, 0.6) is 0 Å². The number of nitrogens with zero attached hydrogens (tertiary/aromatic N) is 4. The molecule has 216 valence electrons. The Bertz CT molecular complexity index is 1750. The second kappa shape index (κ2) is 12.6. The number of benzene rings is 3. The molecular weight excluding hydrogens is 520 g/mol. The van der Waals surface area contributed by atoms with E-state index in [1.165, 1.54) is 10.9 Å². The summed E-state index contributed by atoms with van der Waals surface area (Å²) in [5, 5.41) is 2.16. The van der Waals surface area contributed by atoms with E-state index in [4.69, 9.17) is 4.42 Å². The van der Waals surface area contributed by atoms with Gasteiger partial charge in [-0.3, -0.25) is 9.78 Å². The molecule has 0 radical (unpaired) electrons. The lowest BCUT2D eigenvalue weighted by atomic mass is 9.89. The molecule has 0 bridgehead atoms. The van der Waals surface area contributed by atoms with Crippen LogP contribution in [0.25, 0.3) is 33.4 Å². The van der Waals surface area contributed by atoms with Crippen molar-refractivity contribution in [2.45, 2.75) is 41.2 Å². The molecule has 0 saturated carbocycles. The minimum absolute atomic E-state index is 0.0271. The zero-order chi connectivity index (χ0) is 29.8. The molecule has 0 atom stereocenters. The van der Waals surface area contributed by atoms with Crippen LogP contribution in [0.15, 0.2) is 83.5 Å². The molecule has 6 nitrogen and oxygen atoms in total. The highest BCUT2D eigenvalue weighted by molar-refractivity contribution is 6.09. The predicted molar refractivity (Wildman–Crippen MR) is 173 cm³/mol. The molecule has 0 spiro atoms. The first-order chi connectivity index (χ1) is 20.4. The average Bonchev–Trinajstić information content (AvgIpc) is 3.01. The molecule has 2 aliphatic rings. The molecule has 42 heavy (non-hydrogen) atoms. The molecular formula is C36H41N4O2+. The van der Waals surface area contributed by atoms with Crippen molar-refractivity contribution in [3.8, 4) is 22.5 Å². The first-order valence-corrected chi connectivity index (χ1v) is 15.0. The Hall–Kier alpha value is -4.45. The molecule has 1 aromatic heterocycles. The van der Waals surface area contributed by atoms with Crippen LogP contribution < -0.4 is 14.8 Å². The number of hydrogen-bond donors (Lipinski definition) is 0. The summed E-state index contributed by atoms with van der Waals surface area (Å²) in [5.74, 6) is 0.787. The van der Waals surface area contributed by atoms with Crippen LogP contribution in [0.1, 0.15) is 49.2 Å². The molecule has 0 N–H and O–H groups in total. The molecule has 2 heterocycles. The fourth-order valence-electron chi connectivity index (χ4n) is 5.93. The second-order valence-corrected chi connectivity index (χ2v) is 10.7. The van der Waals surface area contributed by atoms with Crippen LogP contribution in [0, 0.1) is 6.92 Å². The van der Waals surface area contributed by atoms with Gasteiger partial charge in [-0.25, -0.2) is 4.58 Å². The highest BCUT2D eigenvalue weighted by Gasteiger charge is 2.25. The Balaban J connectivity index is 1.78. The van der Waals surface area contributed by atoms with Crippen molar-refractivity contribution in [1.82, 2.24) is 14.5 Å². The zero-order valence-electron chi connectivity index (χ0n) is 25.6. The summed E-state index contributed by atoms with van der Waals surface area (Å²) in [6.07, 6.45) is 3.52. The van der Waals surface area contributed by atoms with Crippen molar-refractivity contribution in [2.24, 2.45) is 0 Å². The second-order valence-electron chi connectivity index (χ2n) is 10.7. The van der Waals surface area contributed by atoms with E-state index >= 15 is 0 Å². The average molecular weight is 562 g/mol. The summed E-state index contributed by atoms with van der Waals surface area (Å²) in [6.45, 7) is 15.0. The SMILES string of the molecule is CCN(CC)c1ccc2c(-c3ccccc3C(=O)N(C)Cc3ccncc3)c3cc(C)c(=[N+](CC)CC)cc-3oc2c1. The Labute approximate surface area is 248 Å². The lowest BCUT2D eigenvalue weighted by molar-refractivity contribution is 0.0786. The third kappa shape index (κ3) is 5.54. The minimum atomic E-state index is -0.0271. The van der Waals surface area contributed by atoms with Gasteiger partial charge in [0.1, 0.15) is 24.4 Å². The van der Waals surface area contributed by atoms with Crippen LogP contribution >= 0.6 is 0 Å². The van der Waals surface area contributed by atoms with Crippen LogP contribution in [0.4, 0.5) is 5.69 Å². The third-order valence-electron chi connectivity index (χ3n) is 8.20. The molecule has 1 amide bonds. The maximum Gasteiger partial charge on any atom is 0.254 e. The van der Waals surface area contributed by atoms with Gasteiger partial charge in [0.15, 0.2) is 0 Å². The van der Waals surface area contributed by atoms with E-state index in [0.29, 0.717) is 12.1 Å². The number of aromatic nitrogens is 1. The summed E-state index contributed by atoms with van der Waals surface area (Å²) in [4.78, 5) is 22.2. The number of carbonyl (C=O) groups excluding carboxylic acids is 1. The van der Waals surface area contributed by atoms with Crippen LogP contribution in [0.2, 0.25) is 0 Å². The number of rotatable bonds is 9. The van der Waals surface area contributed by atoms with Crippen molar-refractivity contribution in [3.05, 3.63) is 101 Å². The molecule has 1 aliphatic carbocycles. The van der Waals surface area contributed by atoms with Gasteiger partial charge >= 0.3 is 0 Å².